The standard InChI is InChI=1S/C12H18O/c1-4-10-6-5-7-11(10)12(13)8-9(2)3/h4,12-13H,1-2,5-8H2,3H3. The largest absolute Gasteiger partial charge is 0.388 e. The molecule has 0 spiro atoms. The van der Waals surface area contributed by atoms with Gasteiger partial charge in [0.2, 0.25) is 0 Å². The maximum atomic E-state index is 9.85. The monoisotopic (exact) mass is 178 g/mol. The fraction of sp³-hybridized carbons (Fsp3) is 0.500. The van der Waals surface area contributed by atoms with Crippen molar-refractivity contribution >= 4 is 0 Å². The molecular weight excluding hydrogens is 160 g/mol. The van der Waals surface area contributed by atoms with Gasteiger partial charge in [-0.15, -0.1) is 6.58 Å². The summed E-state index contributed by atoms with van der Waals surface area (Å²) in [6, 6.07) is 0. The van der Waals surface area contributed by atoms with Crippen molar-refractivity contribution in [1.29, 1.82) is 0 Å². The van der Waals surface area contributed by atoms with Crippen molar-refractivity contribution in [2.24, 2.45) is 0 Å². The smallest absolute Gasteiger partial charge is 0.0792 e. The molecule has 1 nitrogen and oxygen atoms in total. The summed E-state index contributed by atoms with van der Waals surface area (Å²) in [6.45, 7) is 9.52. The van der Waals surface area contributed by atoms with Crippen molar-refractivity contribution in [3.05, 3.63) is 36.0 Å². The highest BCUT2D eigenvalue weighted by Gasteiger charge is 2.18. The van der Waals surface area contributed by atoms with Crippen molar-refractivity contribution in [2.45, 2.75) is 38.7 Å². The van der Waals surface area contributed by atoms with Gasteiger partial charge in [-0.2, -0.15) is 0 Å². The van der Waals surface area contributed by atoms with E-state index in [0.29, 0.717) is 6.42 Å². The third-order valence-electron chi connectivity index (χ3n) is 2.50. The van der Waals surface area contributed by atoms with Crippen LogP contribution in [0.4, 0.5) is 0 Å². The van der Waals surface area contributed by atoms with E-state index in [1.165, 1.54) is 11.1 Å². The molecule has 1 N–H and O–H groups in total. The first kappa shape index (κ1) is 10.3. The molecule has 0 aromatic heterocycles. The first-order valence-electron chi connectivity index (χ1n) is 4.82. The fourth-order valence-electron chi connectivity index (χ4n) is 1.86. The molecule has 0 bridgehead atoms. The Morgan fingerprint density at radius 1 is 1.62 bits per heavy atom. The minimum absolute atomic E-state index is 0.326. The maximum Gasteiger partial charge on any atom is 0.0792 e. The summed E-state index contributed by atoms with van der Waals surface area (Å²) in [5.41, 5.74) is 3.46. The number of allylic oxidation sites excluding steroid dienone is 2. The Hall–Kier alpha value is -0.820. The summed E-state index contributed by atoms with van der Waals surface area (Å²) in [5.74, 6) is 0. The Labute approximate surface area is 80.5 Å². The molecular formula is C12H18O. The number of rotatable bonds is 4. The van der Waals surface area contributed by atoms with E-state index in [2.05, 4.69) is 13.2 Å². The van der Waals surface area contributed by atoms with Gasteiger partial charge in [0.05, 0.1) is 6.10 Å². The van der Waals surface area contributed by atoms with Gasteiger partial charge in [-0.1, -0.05) is 18.2 Å². The molecule has 1 unspecified atom stereocenters. The van der Waals surface area contributed by atoms with E-state index in [9.17, 15) is 5.11 Å². The average molecular weight is 178 g/mol. The number of aliphatic hydroxyl groups excluding tert-OH is 1. The normalized spacial score (nSPS) is 18.9. The van der Waals surface area contributed by atoms with Crippen molar-refractivity contribution in [1.82, 2.24) is 0 Å². The van der Waals surface area contributed by atoms with Crippen LogP contribution in [0.1, 0.15) is 32.6 Å². The van der Waals surface area contributed by atoms with Gasteiger partial charge in [-0.3, -0.25) is 0 Å². The lowest BCUT2D eigenvalue weighted by atomic mass is 10.00. The Morgan fingerprint density at radius 3 is 2.85 bits per heavy atom. The van der Waals surface area contributed by atoms with E-state index in [1.54, 1.807) is 0 Å². The summed E-state index contributed by atoms with van der Waals surface area (Å²) >= 11 is 0. The SMILES string of the molecule is C=CC1=C(C(O)CC(=C)C)CCC1. The van der Waals surface area contributed by atoms with Gasteiger partial charge in [0.15, 0.2) is 0 Å². The highest BCUT2D eigenvalue weighted by atomic mass is 16.3. The van der Waals surface area contributed by atoms with Crippen LogP contribution in [0.3, 0.4) is 0 Å². The summed E-state index contributed by atoms with van der Waals surface area (Å²) in [6.07, 6.45) is 5.50. The second kappa shape index (κ2) is 4.43. The molecule has 0 radical (unpaired) electrons. The Balaban J connectivity index is 2.69. The van der Waals surface area contributed by atoms with Crippen LogP contribution in [0, 0.1) is 0 Å². The molecule has 1 aliphatic rings. The number of hydrogen-bond acceptors (Lipinski definition) is 1. The molecule has 0 amide bonds. The summed E-state index contributed by atoms with van der Waals surface area (Å²) < 4.78 is 0. The molecule has 1 rings (SSSR count). The quantitative estimate of drug-likeness (QED) is 0.656. The van der Waals surface area contributed by atoms with Gasteiger partial charge in [-0.05, 0) is 43.8 Å². The molecule has 72 valence electrons. The molecule has 0 aromatic rings. The first-order chi connectivity index (χ1) is 6.15. The Kier molecular flexibility index (Phi) is 3.49. The molecule has 1 aliphatic carbocycles. The topological polar surface area (TPSA) is 20.2 Å². The molecule has 0 aromatic carbocycles. The van der Waals surface area contributed by atoms with Gasteiger partial charge in [-0.25, -0.2) is 0 Å². The lowest BCUT2D eigenvalue weighted by molar-refractivity contribution is 0.208. The van der Waals surface area contributed by atoms with Gasteiger partial charge in [0, 0.05) is 0 Å². The van der Waals surface area contributed by atoms with E-state index >= 15 is 0 Å². The van der Waals surface area contributed by atoms with Crippen LogP contribution in [0.2, 0.25) is 0 Å². The van der Waals surface area contributed by atoms with Crippen molar-refractivity contribution < 1.29 is 5.11 Å². The Morgan fingerprint density at radius 2 is 2.31 bits per heavy atom. The third-order valence-corrected chi connectivity index (χ3v) is 2.50. The van der Waals surface area contributed by atoms with Gasteiger partial charge in [0.25, 0.3) is 0 Å². The summed E-state index contributed by atoms with van der Waals surface area (Å²) in [7, 11) is 0. The predicted molar refractivity (Wildman–Crippen MR) is 56.5 cm³/mol. The van der Waals surface area contributed by atoms with Crippen molar-refractivity contribution in [3.8, 4) is 0 Å². The minimum Gasteiger partial charge on any atom is -0.388 e. The minimum atomic E-state index is -0.326. The molecule has 13 heavy (non-hydrogen) atoms. The van der Waals surface area contributed by atoms with Crippen LogP contribution in [0.15, 0.2) is 36.0 Å². The number of hydrogen-bond donors (Lipinski definition) is 1. The van der Waals surface area contributed by atoms with Crippen LogP contribution in [-0.2, 0) is 0 Å². The molecule has 0 saturated heterocycles. The highest BCUT2D eigenvalue weighted by molar-refractivity contribution is 5.31. The van der Waals surface area contributed by atoms with Crippen molar-refractivity contribution in [2.75, 3.05) is 0 Å². The molecule has 0 aliphatic heterocycles. The predicted octanol–water partition coefficient (Wildman–Crippen LogP) is 2.98. The fourth-order valence-corrected chi connectivity index (χ4v) is 1.86. The average Bonchev–Trinajstić information content (AvgIpc) is 2.49. The third kappa shape index (κ3) is 2.56. The van der Waals surface area contributed by atoms with Crippen LogP contribution < -0.4 is 0 Å². The summed E-state index contributed by atoms with van der Waals surface area (Å²) in [4.78, 5) is 0. The number of aliphatic hydroxyl groups is 1. The van der Waals surface area contributed by atoms with Crippen LogP contribution in [0.5, 0.6) is 0 Å². The maximum absolute atomic E-state index is 9.85. The molecule has 1 heteroatoms. The first-order valence-corrected chi connectivity index (χ1v) is 4.82. The van der Waals surface area contributed by atoms with Crippen molar-refractivity contribution in [3.63, 3.8) is 0 Å². The lowest BCUT2D eigenvalue weighted by Gasteiger charge is -2.13. The zero-order chi connectivity index (χ0) is 9.84. The van der Waals surface area contributed by atoms with Gasteiger partial charge in [0.1, 0.15) is 0 Å². The van der Waals surface area contributed by atoms with Crippen LogP contribution in [-0.4, -0.2) is 11.2 Å². The zero-order valence-electron chi connectivity index (χ0n) is 8.34. The summed E-state index contributed by atoms with van der Waals surface area (Å²) in [5, 5.41) is 9.85. The van der Waals surface area contributed by atoms with Crippen LogP contribution >= 0.6 is 0 Å². The Bertz CT molecular complexity index is 248. The van der Waals surface area contributed by atoms with Crippen LogP contribution in [0.25, 0.3) is 0 Å². The lowest BCUT2D eigenvalue weighted by Crippen LogP contribution is -2.10. The van der Waals surface area contributed by atoms with E-state index < -0.39 is 0 Å². The molecule has 1 atom stereocenters. The van der Waals surface area contributed by atoms with Gasteiger partial charge >= 0.3 is 0 Å². The second-order valence-electron chi connectivity index (χ2n) is 3.79. The van der Waals surface area contributed by atoms with Gasteiger partial charge < -0.3 is 5.11 Å². The van der Waals surface area contributed by atoms with E-state index in [1.807, 2.05) is 13.0 Å². The molecule has 0 fully saturated rings. The van der Waals surface area contributed by atoms with E-state index in [4.69, 9.17) is 0 Å². The van der Waals surface area contributed by atoms with E-state index in [0.717, 1.165) is 24.8 Å². The highest BCUT2D eigenvalue weighted by Crippen LogP contribution is 2.30. The molecule has 0 saturated carbocycles. The zero-order valence-corrected chi connectivity index (χ0v) is 8.34. The van der Waals surface area contributed by atoms with E-state index in [-0.39, 0.29) is 6.10 Å². The second-order valence-corrected chi connectivity index (χ2v) is 3.79. The molecule has 0 heterocycles.